The maximum Gasteiger partial charge on any atom is 0.260 e. The largest absolute Gasteiger partial charge is 0.359 e. The Morgan fingerprint density at radius 2 is 2.39 bits per heavy atom. The fourth-order valence-electron chi connectivity index (χ4n) is 2.10. The Hall–Kier alpha value is -1.41. The van der Waals surface area contributed by atoms with Crippen LogP contribution in [0.15, 0.2) is 17.6 Å². The lowest BCUT2D eigenvalue weighted by Crippen LogP contribution is -2.44. The summed E-state index contributed by atoms with van der Waals surface area (Å²) in [4.78, 5) is 17.9. The molecule has 1 aromatic heterocycles. The molecule has 0 bridgehead atoms. The fraction of sp³-hybridized carbons (Fsp3) is 0.600. The van der Waals surface area contributed by atoms with Crippen molar-refractivity contribution in [1.82, 2.24) is 19.6 Å². The molecule has 18 heavy (non-hydrogen) atoms. The number of rotatable bonds is 3. The zero-order chi connectivity index (χ0) is 13.2. The number of aromatic amines is 1. The summed E-state index contributed by atoms with van der Waals surface area (Å²) in [6.07, 6.45) is 4.01. The number of aromatic nitrogens is 2. The number of nitrogens with one attached hydrogen (secondary N) is 2. The van der Waals surface area contributed by atoms with E-state index >= 15 is 0 Å². The number of imidazole rings is 1. The van der Waals surface area contributed by atoms with Crippen LogP contribution in [0.4, 0.5) is 0 Å². The molecule has 0 aliphatic carbocycles. The van der Waals surface area contributed by atoms with E-state index in [0.29, 0.717) is 19.4 Å². The van der Waals surface area contributed by atoms with Gasteiger partial charge in [0.05, 0.1) is 18.4 Å². The van der Waals surface area contributed by atoms with Crippen LogP contribution >= 0.6 is 0 Å². The van der Waals surface area contributed by atoms with Gasteiger partial charge in [0.2, 0.25) is 5.91 Å². The molecule has 2 N–H and O–H groups in total. The molecule has 1 aliphatic rings. The molecule has 1 atom stereocenters. The van der Waals surface area contributed by atoms with Crippen molar-refractivity contribution < 1.29 is 13.2 Å². The second kappa shape index (κ2) is 5.07. The third-order valence-electron chi connectivity index (χ3n) is 3.09. The van der Waals surface area contributed by atoms with Crippen LogP contribution in [0.3, 0.4) is 0 Å². The summed E-state index contributed by atoms with van der Waals surface area (Å²) in [5.41, 5.74) is 0. The van der Waals surface area contributed by atoms with Crippen LogP contribution in [0.25, 0.3) is 0 Å². The summed E-state index contributed by atoms with van der Waals surface area (Å²) in [6, 6.07) is 0. The van der Waals surface area contributed by atoms with E-state index in [1.807, 2.05) is 0 Å². The minimum atomic E-state index is -3.56. The Bertz CT molecular complexity index is 511. The van der Waals surface area contributed by atoms with Crippen LogP contribution in [-0.2, 0) is 14.8 Å². The molecule has 0 aromatic carbocycles. The molecule has 100 valence electrons. The lowest BCUT2D eigenvalue weighted by atomic mass is 9.99. The Kier molecular flexibility index (Phi) is 3.67. The average Bonchev–Trinajstić information content (AvgIpc) is 2.92. The minimum Gasteiger partial charge on any atom is -0.359 e. The molecule has 0 saturated carbocycles. The van der Waals surface area contributed by atoms with Crippen molar-refractivity contribution in [3.63, 3.8) is 0 Å². The van der Waals surface area contributed by atoms with Gasteiger partial charge in [0.1, 0.15) is 0 Å². The van der Waals surface area contributed by atoms with Crippen molar-refractivity contribution in [3.05, 3.63) is 12.5 Å². The second-order valence-corrected chi connectivity index (χ2v) is 6.14. The first-order valence-corrected chi connectivity index (χ1v) is 7.20. The van der Waals surface area contributed by atoms with Crippen molar-refractivity contribution in [3.8, 4) is 0 Å². The molecule has 7 nitrogen and oxygen atoms in total. The first-order valence-electron chi connectivity index (χ1n) is 5.76. The van der Waals surface area contributed by atoms with Gasteiger partial charge in [0.25, 0.3) is 10.0 Å². The van der Waals surface area contributed by atoms with E-state index in [0.717, 1.165) is 0 Å². The van der Waals surface area contributed by atoms with E-state index in [-0.39, 0.29) is 23.4 Å². The number of hydrogen-bond acceptors (Lipinski definition) is 4. The monoisotopic (exact) mass is 272 g/mol. The van der Waals surface area contributed by atoms with Crippen LogP contribution in [0, 0.1) is 5.92 Å². The smallest absolute Gasteiger partial charge is 0.260 e. The van der Waals surface area contributed by atoms with Crippen LogP contribution in [0.1, 0.15) is 12.8 Å². The molecule has 2 heterocycles. The third-order valence-corrected chi connectivity index (χ3v) is 4.88. The van der Waals surface area contributed by atoms with Crippen molar-refractivity contribution in [2.45, 2.75) is 17.9 Å². The fourth-order valence-corrected chi connectivity index (χ4v) is 3.52. The van der Waals surface area contributed by atoms with E-state index in [1.54, 1.807) is 7.05 Å². The Morgan fingerprint density at radius 1 is 1.61 bits per heavy atom. The molecule has 1 unspecified atom stereocenters. The predicted molar refractivity (Wildman–Crippen MR) is 64.1 cm³/mol. The van der Waals surface area contributed by atoms with E-state index in [1.165, 1.54) is 16.8 Å². The third kappa shape index (κ3) is 2.39. The van der Waals surface area contributed by atoms with E-state index in [2.05, 4.69) is 15.3 Å². The van der Waals surface area contributed by atoms with Gasteiger partial charge in [-0.05, 0) is 12.8 Å². The molecule has 0 radical (unpaired) electrons. The van der Waals surface area contributed by atoms with E-state index in [4.69, 9.17) is 0 Å². The highest BCUT2D eigenvalue weighted by atomic mass is 32.2. The summed E-state index contributed by atoms with van der Waals surface area (Å²) in [6.45, 7) is 0.663. The summed E-state index contributed by atoms with van der Waals surface area (Å²) >= 11 is 0. The Morgan fingerprint density at radius 3 is 3.00 bits per heavy atom. The maximum absolute atomic E-state index is 12.2. The molecule has 8 heteroatoms. The highest BCUT2D eigenvalue weighted by molar-refractivity contribution is 7.89. The number of H-pyrrole nitrogens is 1. The number of amides is 1. The van der Waals surface area contributed by atoms with Crippen molar-refractivity contribution >= 4 is 15.9 Å². The second-order valence-electron chi connectivity index (χ2n) is 4.23. The predicted octanol–water partition coefficient (Wildman–Crippen LogP) is -0.444. The Labute approximate surface area is 106 Å². The number of carbonyl (C=O) groups excluding carboxylic acids is 1. The number of hydrogen-bond donors (Lipinski definition) is 2. The lowest BCUT2D eigenvalue weighted by Gasteiger charge is -2.30. The average molecular weight is 272 g/mol. The molecule has 1 saturated heterocycles. The molecule has 1 aromatic rings. The number of nitrogens with zero attached hydrogens (tertiary/aromatic N) is 2. The normalized spacial score (nSPS) is 21.7. The number of carbonyl (C=O) groups is 1. The topological polar surface area (TPSA) is 95.2 Å². The van der Waals surface area contributed by atoms with Crippen LogP contribution in [0.2, 0.25) is 0 Å². The zero-order valence-electron chi connectivity index (χ0n) is 10.1. The van der Waals surface area contributed by atoms with Gasteiger partial charge in [-0.15, -0.1) is 0 Å². The number of sulfonamides is 1. The van der Waals surface area contributed by atoms with Gasteiger partial charge in [0, 0.05) is 20.1 Å². The standard InChI is InChI=1S/C10H16N4O3S/c1-11-10(15)8-3-2-4-14(6-8)18(16,17)9-5-12-7-13-9/h5,7-8H,2-4,6H2,1H3,(H,11,15)(H,12,13). The molecule has 2 rings (SSSR count). The van der Waals surface area contributed by atoms with Crippen LogP contribution in [0.5, 0.6) is 0 Å². The number of piperidine rings is 1. The SMILES string of the molecule is CNC(=O)C1CCCN(S(=O)(=O)c2cnc[nH]2)C1. The van der Waals surface area contributed by atoms with E-state index in [9.17, 15) is 13.2 Å². The van der Waals surface area contributed by atoms with Crippen LogP contribution < -0.4 is 5.32 Å². The highest BCUT2D eigenvalue weighted by Crippen LogP contribution is 2.22. The molecule has 1 aliphatic heterocycles. The van der Waals surface area contributed by atoms with E-state index < -0.39 is 10.0 Å². The molecular formula is C10H16N4O3S. The lowest BCUT2D eigenvalue weighted by molar-refractivity contribution is -0.125. The van der Waals surface area contributed by atoms with Crippen molar-refractivity contribution in [1.29, 1.82) is 0 Å². The molecule has 1 amide bonds. The molecular weight excluding hydrogens is 256 g/mol. The Balaban J connectivity index is 2.17. The first-order chi connectivity index (χ1) is 8.55. The van der Waals surface area contributed by atoms with Crippen molar-refractivity contribution in [2.75, 3.05) is 20.1 Å². The zero-order valence-corrected chi connectivity index (χ0v) is 10.9. The van der Waals surface area contributed by atoms with Gasteiger partial charge in [-0.3, -0.25) is 4.79 Å². The summed E-state index contributed by atoms with van der Waals surface area (Å²) in [5, 5.41) is 2.63. The molecule has 1 fully saturated rings. The van der Waals surface area contributed by atoms with Gasteiger partial charge in [-0.25, -0.2) is 13.4 Å². The first kappa shape index (κ1) is 13.0. The van der Waals surface area contributed by atoms with Crippen molar-refractivity contribution in [2.24, 2.45) is 5.92 Å². The maximum atomic E-state index is 12.2. The van der Waals surface area contributed by atoms with Gasteiger partial charge in [-0.2, -0.15) is 4.31 Å². The van der Waals surface area contributed by atoms with Gasteiger partial charge in [-0.1, -0.05) is 0 Å². The van der Waals surface area contributed by atoms with Crippen LogP contribution in [-0.4, -0.2) is 48.7 Å². The van der Waals surface area contributed by atoms with Gasteiger partial charge in [0.15, 0.2) is 5.03 Å². The quantitative estimate of drug-likeness (QED) is 0.779. The molecule has 0 spiro atoms. The summed E-state index contributed by atoms with van der Waals surface area (Å²) in [7, 11) is -2.00. The summed E-state index contributed by atoms with van der Waals surface area (Å²) < 4.78 is 25.8. The summed E-state index contributed by atoms with van der Waals surface area (Å²) in [5.74, 6) is -0.388. The highest BCUT2D eigenvalue weighted by Gasteiger charge is 2.33. The van der Waals surface area contributed by atoms with Gasteiger partial charge < -0.3 is 10.3 Å². The van der Waals surface area contributed by atoms with Gasteiger partial charge >= 0.3 is 0 Å². The minimum absolute atomic E-state index is 0.0695.